The number of aromatic nitrogens is 8. The molecule has 11 heteroatoms. The Morgan fingerprint density at radius 3 is 2.68 bits per heavy atom. The summed E-state index contributed by atoms with van der Waals surface area (Å²) in [5.74, 6) is 0.501. The van der Waals surface area contributed by atoms with E-state index in [1.807, 2.05) is 0 Å². The Kier molecular flexibility index (Phi) is 3.27. The van der Waals surface area contributed by atoms with Gasteiger partial charge < -0.3 is 0 Å². The summed E-state index contributed by atoms with van der Waals surface area (Å²) in [6.45, 7) is 1.84. The number of rotatable bonds is 3. The molecule has 0 amide bonds. The number of hydrogen-bond donors (Lipinski definition) is 0. The van der Waals surface area contributed by atoms with E-state index in [-0.39, 0.29) is 6.54 Å². The summed E-state index contributed by atoms with van der Waals surface area (Å²) in [5, 5.41) is 12.8. The van der Waals surface area contributed by atoms with Crippen LogP contribution in [0.1, 0.15) is 17.2 Å². The van der Waals surface area contributed by atoms with Crippen molar-refractivity contribution in [1.82, 2.24) is 39.1 Å². The molecule has 0 saturated carbocycles. The van der Waals surface area contributed by atoms with E-state index in [0.717, 1.165) is 11.5 Å². The zero-order chi connectivity index (χ0) is 17.8. The largest absolute Gasteiger partial charge is 0.435 e. The van der Waals surface area contributed by atoms with Crippen LogP contribution in [-0.4, -0.2) is 39.1 Å². The van der Waals surface area contributed by atoms with Crippen LogP contribution in [0.2, 0.25) is 0 Å². The predicted octanol–water partition coefficient (Wildman–Crippen LogP) is 1.78. The van der Waals surface area contributed by atoms with E-state index in [1.54, 1.807) is 24.9 Å². The summed E-state index contributed by atoms with van der Waals surface area (Å²) in [7, 11) is 1.78. The number of nitrogens with zero attached hydrogens (tertiary/aromatic N) is 8. The van der Waals surface area contributed by atoms with Gasteiger partial charge in [0.1, 0.15) is 6.33 Å². The highest BCUT2D eigenvalue weighted by Crippen LogP contribution is 2.28. The van der Waals surface area contributed by atoms with Gasteiger partial charge in [0.05, 0.1) is 11.6 Å². The molecule has 0 unspecified atom stereocenters. The van der Waals surface area contributed by atoms with Gasteiger partial charge in [0, 0.05) is 25.7 Å². The van der Waals surface area contributed by atoms with Crippen molar-refractivity contribution in [2.45, 2.75) is 26.1 Å². The summed E-state index contributed by atoms with van der Waals surface area (Å²) in [6.07, 6.45) is -0.904. The van der Waals surface area contributed by atoms with E-state index in [9.17, 15) is 13.2 Å². The first-order valence-electron chi connectivity index (χ1n) is 7.46. The summed E-state index contributed by atoms with van der Waals surface area (Å²) >= 11 is 0. The zero-order valence-corrected chi connectivity index (χ0v) is 13.4. The minimum atomic E-state index is -4.45. The predicted molar refractivity (Wildman–Crippen MR) is 80.7 cm³/mol. The van der Waals surface area contributed by atoms with Crippen LogP contribution in [0.5, 0.6) is 0 Å². The lowest BCUT2D eigenvalue weighted by molar-refractivity contribution is -0.141. The van der Waals surface area contributed by atoms with E-state index in [2.05, 4.69) is 25.3 Å². The lowest BCUT2D eigenvalue weighted by atomic mass is 10.3. The van der Waals surface area contributed by atoms with Crippen LogP contribution >= 0.6 is 0 Å². The number of aryl methyl sites for hydroxylation is 4. The second-order valence-electron chi connectivity index (χ2n) is 5.69. The first kappa shape index (κ1) is 15.5. The molecule has 0 atom stereocenters. The summed E-state index contributed by atoms with van der Waals surface area (Å²) in [6, 6.07) is 1.03. The number of alkyl halides is 3. The molecule has 4 aromatic rings. The van der Waals surface area contributed by atoms with Crippen LogP contribution in [0, 0.1) is 6.92 Å². The van der Waals surface area contributed by atoms with E-state index in [4.69, 9.17) is 0 Å². The molecular weight excluding hydrogens is 337 g/mol. The van der Waals surface area contributed by atoms with Crippen molar-refractivity contribution in [2.24, 2.45) is 7.05 Å². The van der Waals surface area contributed by atoms with Crippen LogP contribution in [-0.2, 0) is 26.2 Å². The molecule has 0 aliphatic carbocycles. The van der Waals surface area contributed by atoms with Crippen molar-refractivity contribution >= 4 is 16.7 Å². The van der Waals surface area contributed by atoms with Crippen molar-refractivity contribution in [3.63, 3.8) is 0 Å². The summed E-state index contributed by atoms with van der Waals surface area (Å²) in [5.41, 5.74) is 0.840. The molecule has 4 aromatic heterocycles. The highest BCUT2D eigenvalue weighted by molar-refractivity contribution is 5.88. The lowest BCUT2D eigenvalue weighted by Crippen LogP contribution is -2.10. The molecule has 4 heterocycles. The van der Waals surface area contributed by atoms with Crippen LogP contribution in [0.25, 0.3) is 16.7 Å². The van der Waals surface area contributed by atoms with Crippen molar-refractivity contribution in [2.75, 3.05) is 0 Å². The first-order valence-corrected chi connectivity index (χ1v) is 7.46. The lowest BCUT2D eigenvalue weighted by Gasteiger charge is -2.02. The number of halogens is 3. The third kappa shape index (κ3) is 2.61. The van der Waals surface area contributed by atoms with Crippen molar-refractivity contribution in [3.05, 3.63) is 35.8 Å². The SMILES string of the molecule is Cc1cc(C(F)(F)F)nn1CCc1nc2c3cnn(C)c3ncn2n1. The molecule has 0 aromatic carbocycles. The van der Waals surface area contributed by atoms with Gasteiger partial charge in [-0.2, -0.15) is 23.4 Å². The minimum absolute atomic E-state index is 0.252. The Morgan fingerprint density at radius 1 is 1.16 bits per heavy atom. The quantitative estimate of drug-likeness (QED) is 0.563. The van der Waals surface area contributed by atoms with Crippen LogP contribution < -0.4 is 0 Å². The molecule has 0 bridgehead atoms. The average Bonchev–Trinajstić information content (AvgIpc) is 3.21. The van der Waals surface area contributed by atoms with E-state index >= 15 is 0 Å². The van der Waals surface area contributed by atoms with Crippen LogP contribution in [0.3, 0.4) is 0 Å². The van der Waals surface area contributed by atoms with Gasteiger partial charge in [0.2, 0.25) is 0 Å². The highest BCUT2D eigenvalue weighted by atomic mass is 19.4. The molecule has 8 nitrogen and oxygen atoms in total. The Balaban J connectivity index is 1.61. The second kappa shape index (κ2) is 5.26. The fourth-order valence-electron chi connectivity index (χ4n) is 2.67. The molecule has 4 rings (SSSR count). The fraction of sp³-hybridized carbons (Fsp3) is 0.357. The first-order chi connectivity index (χ1) is 11.8. The molecule has 0 aliphatic rings. The standard InChI is InChI=1S/C14H13F3N8/c1-8-5-10(14(15,16)17)21-24(8)4-3-11-20-13-9-6-19-23(2)12(9)18-7-25(13)22-11/h5-7H,3-4H2,1-2H3. The highest BCUT2D eigenvalue weighted by Gasteiger charge is 2.34. The molecule has 25 heavy (non-hydrogen) atoms. The topological polar surface area (TPSA) is 78.7 Å². The monoisotopic (exact) mass is 350 g/mol. The molecule has 0 saturated heterocycles. The van der Waals surface area contributed by atoms with Gasteiger partial charge in [-0.25, -0.2) is 14.5 Å². The van der Waals surface area contributed by atoms with Crippen LogP contribution in [0.15, 0.2) is 18.6 Å². The van der Waals surface area contributed by atoms with Gasteiger partial charge in [-0.3, -0.25) is 9.36 Å². The molecule has 0 fully saturated rings. The molecule has 130 valence electrons. The molecule has 0 spiro atoms. The zero-order valence-electron chi connectivity index (χ0n) is 13.4. The van der Waals surface area contributed by atoms with E-state index in [1.165, 1.54) is 15.5 Å². The normalized spacial score (nSPS) is 12.5. The van der Waals surface area contributed by atoms with Gasteiger partial charge in [0.15, 0.2) is 22.8 Å². The molecule has 0 radical (unpaired) electrons. The number of hydrogen-bond acceptors (Lipinski definition) is 5. The molecular formula is C14H13F3N8. The van der Waals surface area contributed by atoms with Gasteiger partial charge in [-0.1, -0.05) is 0 Å². The maximum atomic E-state index is 12.7. The van der Waals surface area contributed by atoms with Crippen molar-refractivity contribution in [1.29, 1.82) is 0 Å². The van der Waals surface area contributed by atoms with Gasteiger partial charge in [0.25, 0.3) is 0 Å². The minimum Gasteiger partial charge on any atom is -0.269 e. The van der Waals surface area contributed by atoms with Gasteiger partial charge in [-0.15, -0.1) is 5.10 Å². The van der Waals surface area contributed by atoms with Gasteiger partial charge >= 0.3 is 6.18 Å². The van der Waals surface area contributed by atoms with E-state index < -0.39 is 11.9 Å². The summed E-state index contributed by atoms with van der Waals surface area (Å²) in [4.78, 5) is 8.71. The average molecular weight is 350 g/mol. The van der Waals surface area contributed by atoms with Gasteiger partial charge in [-0.05, 0) is 13.0 Å². The van der Waals surface area contributed by atoms with E-state index in [0.29, 0.717) is 29.2 Å². The Hall–Kier alpha value is -2.98. The Morgan fingerprint density at radius 2 is 1.96 bits per heavy atom. The third-order valence-corrected chi connectivity index (χ3v) is 3.93. The molecule has 0 N–H and O–H groups in total. The Bertz CT molecular complexity index is 1070. The van der Waals surface area contributed by atoms with Crippen molar-refractivity contribution < 1.29 is 13.2 Å². The van der Waals surface area contributed by atoms with Crippen molar-refractivity contribution in [3.8, 4) is 0 Å². The summed E-state index contributed by atoms with van der Waals surface area (Å²) < 4.78 is 42.6. The van der Waals surface area contributed by atoms with Crippen LogP contribution in [0.4, 0.5) is 13.2 Å². The number of fused-ring (bicyclic) bond motifs is 3. The second-order valence-corrected chi connectivity index (χ2v) is 5.69. The third-order valence-electron chi connectivity index (χ3n) is 3.93. The maximum Gasteiger partial charge on any atom is 0.435 e. The Labute approximate surface area is 138 Å². The molecule has 0 aliphatic heterocycles. The smallest absolute Gasteiger partial charge is 0.269 e. The fourth-order valence-corrected chi connectivity index (χ4v) is 2.67. The maximum absolute atomic E-state index is 12.7.